The number of carbonyl (C=O) groups excluding carboxylic acids is 2. The summed E-state index contributed by atoms with van der Waals surface area (Å²) in [4.78, 5) is 25.0. The zero-order chi connectivity index (χ0) is 11.9. The van der Waals surface area contributed by atoms with Gasteiger partial charge in [0.1, 0.15) is 0 Å². The zero-order valence-electron chi connectivity index (χ0n) is 8.74. The number of fused-ring (bicyclic) bond motifs is 1. The molecule has 1 aliphatic heterocycles. The minimum absolute atomic E-state index is 0.211. The van der Waals surface area contributed by atoms with E-state index in [1.54, 1.807) is 25.1 Å². The van der Waals surface area contributed by atoms with E-state index in [1.165, 1.54) is 0 Å². The van der Waals surface area contributed by atoms with E-state index >= 15 is 0 Å². The van der Waals surface area contributed by atoms with Crippen LogP contribution in [0.1, 0.15) is 27.6 Å². The van der Waals surface area contributed by atoms with Gasteiger partial charge in [-0.05, 0) is 19.1 Å². The molecule has 16 heavy (non-hydrogen) atoms. The number of rotatable bonds is 2. The van der Waals surface area contributed by atoms with Gasteiger partial charge in [-0.2, -0.15) is 0 Å². The summed E-state index contributed by atoms with van der Waals surface area (Å²) in [6, 6.07) is 4.60. The number of carbonyl (C=O) groups is 2. The predicted octanol–water partition coefficient (Wildman–Crippen LogP) is 1.28. The predicted molar refractivity (Wildman–Crippen MR) is 60.5 cm³/mol. The molecule has 5 heteroatoms. The Bertz CT molecular complexity index is 471. The van der Waals surface area contributed by atoms with E-state index in [0.29, 0.717) is 10.6 Å². The van der Waals surface area contributed by atoms with Crippen LogP contribution in [0.5, 0.6) is 0 Å². The van der Waals surface area contributed by atoms with Crippen LogP contribution in [-0.4, -0.2) is 29.3 Å². The van der Waals surface area contributed by atoms with Crippen LogP contribution in [0.3, 0.4) is 0 Å². The number of imide groups is 1. The van der Waals surface area contributed by atoms with Crippen molar-refractivity contribution in [2.45, 2.75) is 13.0 Å². The van der Waals surface area contributed by atoms with E-state index < -0.39 is 0 Å². The first-order valence-corrected chi connectivity index (χ1v) is 5.30. The van der Waals surface area contributed by atoms with Crippen LogP contribution in [0.25, 0.3) is 0 Å². The minimum atomic E-state index is -0.358. The number of nitrogens with zero attached hydrogens (tertiary/aromatic N) is 1. The van der Waals surface area contributed by atoms with Crippen LogP contribution in [0, 0.1) is 0 Å². The van der Waals surface area contributed by atoms with E-state index in [-0.39, 0.29) is 30.0 Å². The molecule has 0 aromatic heterocycles. The number of hydrogen-bond donors (Lipinski definition) is 1. The molecule has 1 atom stereocenters. The maximum atomic E-state index is 11.9. The number of amides is 2. The van der Waals surface area contributed by atoms with Gasteiger partial charge in [-0.25, -0.2) is 0 Å². The summed E-state index contributed by atoms with van der Waals surface area (Å²) in [5, 5.41) is 0.308. The Morgan fingerprint density at radius 2 is 2.06 bits per heavy atom. The van der Waals surface area contributed by atoms with Crippen molar-refractivity contribution in [3.8, 4) is 0 Å². The normalized spacial score (nSPS) is 16.6. The summed E-state index contributed by atoms with van der Waals surface area (Å²) >= 11 is 5.90. The van der Waals surface area contributed by atoms with Gasteiger partial charge in [0.05, 0.1) is 16.1 Å². The van der Waals surface area contributed by atoms with E-state index in [9.17, 15) is 9.59 Å². The fraction of sp³-hybridized carbons (Fsp3) is 0.273. The maximum Gasteiger partial charge on any atom is 0.263 e. The van der Waals surface area contributed by atoms with Gasteiger partial charge in [-0.3, -0.25) is 14.5 Å². The second-order valence-electron chi connectivity index (χ2n) is 3.86. The first-order valence-electron chi connectivity index (χ1n) is 4.92. The SMILES string of the molecule is CC(N)CN1C(=O)c2cccc(Cl)c2C1=O. The van der Waals surface area contributed by atoms with Crippen molar-refractivity contribution in [2.75, 3.05) is 6.54 Å². The highest BCUT2D eigenvalue weighted by molar-refractivity contribution is 6.37. The minimum Gasteiger partial charge on any atom is -0.326 e. The van der Waals surface area contributed by atoms with Crippen LogP contribution in [0.2, 0.25) is 5.02 Å². The topological polar surface area (TPSA) is 63.4 Å². The molecule has 0 saturated carbocycles. The third-order valence-electron chi connectivity index (χ3n) is 2.42. The lowest BCUT2D eigenvalue weighted by atomic mass is 10.1. The van der Waals surface area contributed by atoms with E-state index in [1.807, 2.05) is 0 Å². The third kappa shape index (κ3) is 1.60. The molecule has 1 aliphatic rings. The van der Waals surface area contributed by atoms with Crippen molar-refractivity contribution in [1.29, 1.82) is 0 Å². The monoisotopic (exact) mass is 238 g/mol. The number of hydrogen-bond acceptors (Lipinski definition) is 3. The molecule has 2 rings (SSSR count). The van der Waals surface area contributed by atoms with Crippen molar-refractivity contribution < 1.29 is 9.59 Å². The Labute approximate surface area is 98.0 Å². The van der Waals surface area contributed by atoms with E-state index in [2.05, 4.69) is 0 Å². The standard InChI is InChI=1S/C11H11ClN2O2/c1-6(13)5-14-10(15)7-3-2-4-8(12)9(7)11(14)16/h2-4,6H,5,13H2,1H3. The molecular formula is C11H11ClN2O2. The van der Waals surface area contributed by atoms with Gasteiger partial charge in [-0.15, -0.1) is 0 Å². The highest BCUT2D eigenvalue weighted by Gasteiger charge is 2.37. The molecule has 0 saturated heterocycles. The first kappa shape index (κ1) is 11.1. The molecule has 0 aliphatic carbocycles. The molecular weight excluding hydrogens is 228 g/mol. The van der Waals surface area contributed by atoms with Crippen molar-refractivity contribution in [2.24, 2.45) is 5.73 Å². The number of halogens is 1. The summed E-state index contributed by atoms with van der Waals surface area (Å²) in [7, 11) is 0. The van der Waals surface area contributed by atoms with Gasteiger partial charge in [0, 0.05) is 12.6 Å². The Balaban J connectivity index is 2.45. The van der Waals surface area contributed by atoms with E-state index in [0.717, 1.165) is 4.90 Å². The van der Waals surface area contributed by atoms with Crippen molar-refractivity contribution in [3.05, 3.63) is 34.3 Å². The van der Waals surface area contributed by atoms with E-state index in [4.69, 9.17) is 17.3 Å². The van der Waals surface area contributed by atoms with Gasteiger partial charge >= 0.3 is 0 Å². The molecule has 2 amide bonds. The van der Waals surface area contributed by atoms with Gasteiger partial charge in [0.15, 0.2) is 0 Å². The fourth-order valence-corrected chi connectivity index (χ4v) is 2.00. The fourth-order valence-electron chi connectivity index (χ4n) is 1.75. The second-order valence-corrected chi connectivity index (χ2v) is 4.27. The summed E-state index contributed by atoms with van der Waals surface area (Å²) in [5.41, 5.74) is 6.24. The van der Waals surface area contributed by atoms with Crippen molar-refractivity contribution in [3.63, 3.8) is 0 Å². The molecule has 84 valence electrons. The second kappa shape index (κ2) is 3.88. The number of nitrogens with two attached hydrogens (primary N) is 1. The molecule has 1 unspecified atom stereocenters. The summed E-state index contributed by atoms with van der Waals surface area (Å²) in [6.45, 7) is 1.95. The largest absolute Gasteiger partial charge is 0.326 e. The van der Waals surface area contributed by atoms with Crippen molar-refractivity contribution >= 4 is 23.4 Å². The van der Waals surface area contributed by atoms with Crippen molar-refractivity contribution in [1.82, 2.24) is 4.90 Å². The van der Waals surface area contributed by atoms with Gasteiger partial charge in [-0.1, -0.05) is 17.7 Å². The highest BCUT2D eigenvalue weighted by Crippen LogP contribution is 2.28. The summed E-state index contributed by atoms with van der Waals surface area (Å²) < 4.78 is 0. The average molecular weight is 239 g/mol. The lowest BCUT2D eigenvalue weighted by Gasteiger charge is -2.15. The van der Waals surface area contributed by atoms with Crippen LogP contribution in [-0.2, 0) is 0 Å². The Morgan fingerprint density at radius 3 is 2.62 bits per heavy atom. The lowest BCUT2D eigenvalue weighted by molar-refractivity contribution is 0.0647. The highest BCUT2D eigenvalue weighted by atomic mass is 35.5. The quantitative estimate of drug-likeness (QED) is 0.790. The van der Waals surface area contributed by atoms with Crippen LogP contribution >= 0.6 is 11.6 Å². The number of benzene rings is 1. The molecule has 0 spiro atoms. The zero-order valence-corrected chi connectivity index (χ0v) is 9.49. The first-order chi connectivity index (χ1) is 7.52. The average Bonchev–Trinajstić information content (AvgIpc) is 2.44. The molecule has 2 N–H and O–H groups in total. The summed E-state index contributed by atoms with van der Waals surface area (Å²) in [6.07, 6.45) is 0. The van der Waals surface area contributed by atoms with Crippen LogP contribution in [0.15, 0.2) is 18.2 Å². The van der Waals surface area contributed by atoms with Crippen LogP contribution < -0.4 is 5.73 Å². The lowest BCUT2D eigenvalue weighted by Crippen LogP contribution is -2.39. The molecule has 0 radical (unpaired) electrons. The molecule has 0 bridgehead atoms. The van der Waals surface area contributed by atoms with Gasteiger partial charge < -0.3 is 5.73 Å². The summed E-state index contributed by atoms with van der Waals surface area (Å²) in [5.74, 6) is -0.678. The Hall–Kier alpha value is -1.39. The molecule has 1 aromatic carbocycles. The molecule has 1 heterocycles. The van der Waals surface area contributed by atoms with Gasteiger partial charge in [0.25, 0.3) is 11.8 Å². The third-order valence-corrected chi connectivity index (χ3v) is 2.73. The van der Waals surface area contributed by atoms with Crippen LogP contribution in [0.4, 0.5) is 0 Å². The Kier molecular flexibility index (Phi) is 2.69. The van der Waals surface area contributed by atoms with Gasteiger partial charge in [0.2, 0.25) is 0 Å². The molecule has 4 nitrogen and oxygen atoms in total. The Morgan fingerprint density at radius 1 is 1.38 bits per heavy atom. The molecule has 1 aromatic rings. The molecule has 0 fully saturated rings. The smallest absolute Gasteiger partial charge is 0.263 e. The maximum absolute atomic E-state index is 11.9.